The third-order valence-electron chi connectivity index (χ3n) is 2.83. The van der Waals surface area contributed by atoms with Crippen molar-refractivity contribution in [3.8, 4) is 11.3 Å². The van der Waals surface area contributed by atoms with E-state index in [1.807, 2.05) is 0 Å². The molecule has 3 rings (SSSR count). The van der Waals surface area contributed by atoms with Gasteiger partial charge in [-0.1, -0.05) is 12.1 Å². The molecule has 8 heteroatoms. The molecule has 0 bridgehead atoms. The molecule has 0 fully saturated rings. The first kappa shape index (κ1) is 13.4. The smallest absolute Gasteiger partial charge is 0.262 e. The first-order valence-electron chi connectivity index (χ1n) is 6.07. The van der Waals surface area contributed by atoms with Crippen LogP contribution < -0.4 is 10.3 Å². The Morgan fingerprint density at radius 1 is 1.14 bits per heavy atom. The van der Waals surface area contributed by atoms with Crippen LogP contribution in [0.4, 0.5) is 5.69 Å². The Balaban J connectivity index is 1.97. The van der Waals surface area contributed by atoms with Crippen LogP contribution in [0, 0.1) is 0 Å². The van der Waals surface area contributed by atoms with E-state index < -0.39 is 10.0 Å². The van der Waals surface area contributed by atoms with Crippen molar-refractivity contribution in [1.82, 2.24) is 14.6 Å². The van der Waals surface area contributed by atoms with Gasteiger partial charge in [0.15, 0.2) is 5.65 Å². The Morgan fingerprint density at radius 2 is 1.86 bits per heavy atom. The molecule has 3 aromatic rings. The van der Waals surface area contributed by atoms with Crippen molar-refractivity contribution >= 4 is 21.4 Å². The zero-order valence-electron chi connectivity index (χ0n) is 11.1. The first-order chi connectivity index (χ1) is 9.90. The van der Waals surface area contributed by atoms with Crippen LogP contribution in [0.2, 0.25) is 0 Å². The van der Waals surface area contributed by atoms with Gasteiger partial charge in [-0.3, -0.25) is 14.6 Å². The zero-order chi connectivity index (χ0) is 15.0. The Kier molecular flexibility index (Phi) is 3.02. The second-order valence-corrected chi connectivity index (χ2v) is 6.36. The molecular weight excluding hydrogens is 292 g/mol. The van der Waals surface area contributed by atoms with Gasteiger partial charge in [0.2, 0.25) is 10.0 Å². The van der Waals surface area contributed by atoms with Crippen LogP contribution in [0.1, 0.15) is 0 Å². The second-order valence-electron chi connectivity index (χ2n) is 4.62. The highest BCUT2D eigenvalue weighted by atomic mass is 32.2. The van der Waals surface area contributed by atoms with Crippen molar-refractivity contribution in [2.75, 3.05) is 11.0 Å². The van der Waals surface area contributed by atoms with E-state index in [0.29, 0.717) is 17.0 Å². The highest BCUT2D eigenvalue weighted by Gasteiger charge is 2.06. The number of nitrogens with one attached hydrogen (secondary N) is 2. The Labute approximate surface area is 120 Å². The van der Waals surface area contributed by atoms with Crippen molar-refractivity contribution < 1.29 is 8.42 Å². The Bertz CT molecular complexity index is 955. The lowest BCUT2D eigenvalue weighted by Crippen LogP contribution is -2.09. The van der Waals surface area contributed by atoms with Crippen LogP contribution in [0.15, 0.2) is 47.4 Å². The lowest BCUT2D eigenvalue weighted by atomic mass is 10.1. The van der Waals surface area contributed by atoms with Gasteiger partial charge in [-0.15, -0.1) is 0 Å². The van der Waals surface area contributed by atoms with E-state index in [1.165, 1.54) is 6.07 Å². The molecule has 0 atom stereocenters. The molecule has 0 aliphatic carbocycles. The molecule has 0 spiro atoms. The van der Waals surface area contributed by atoms with E-state index in [4.69, 9.17) is 0 Å². The van der Waals surface area contributed by atoms with E-state index >= 15 is 0 Å². The monoisotopic (exact) mass is 304 g/mol. The predicted octanol–water partition coefficient (Wildman–Crippen LogP) is 1.06. The second kappa shape index (κ2) is 4.74. The largest absolute Gasteiger partial charge is 0.284 e. The van der Waals surface area contributed by atoms with Gasteiger partial charge >= 0.3 is 0 Å². The lowest BCUT2D eigenvalue weighted by Gasteiger charge is -2.03. The summed E-state index contributed by atoms with van der Waals surface area (Å²) in [6.45, 7) is 0. The fourth-order valence-corrected chi connectivity index (χ4v) is 2.53. The van der Waals surface area contributed by atoms with Gasteiger partial charge < -0.3 is 0 Å². The van der Waals surface area contributed by atoms with E-state index in [2.05, 4.69) is 14.8 Å². The molecule has 0 saturated heterocycles. The molecule has 0 saturated carbocycles. The lowest BCUT2D eigenvalue weighted by molar-refractivity contribution is 0.607. The van der Waals surface area contributed by atoms with Crippen molar-refractivity contribution in [3.63, 3.8) is 0 Å². The van der Waals surface area contributed by atoms with Crippen molar-refractivity contribution in [2.45, 2.75) is 0 Å². The first-order valence-corrected chi connectivity index (χ1v) is 7.96. The van der Waals surface area contributed by atoms with Crippen molar-refractivity contribution in [3.05, 3.63) is 52.9 Å². The third-order valence-corrected chi connectivity index (χ3v) is 3.44. The van der Waals surface area contributed by atoms with E-state index in [9.17, 15) is 13.2 Å². The number of anilines is 1. The number of nitrogens with zero attached hydrogens (tertiary/aromatic N) is 2. The fraction of sp³-hybridized carbons (Fsp3) is 0.0769. The molecule has 0 amide bonds. The van der Waals surface area contributed by atoms with E-state index in [1.54, 1.807) is 41.0 Å². The summed E-state index contributed by atoms with van der Waals surface area (Å²) in [5, 5.41) is 2.63. The topological polar surface area (TPSA) is 96.3 Å². The SMILES string of the molecule is CS(=O)(=O)Nc1ccc(-c2cn3[nH]c(=O)ccc3n2)cc1. The highest BCUT2D eigenvalue weighted by Crippen LogP contribution is 2.21. The van der Waals surface area contributed by atoms with Gasteiger partial charge in [-0.2, -0.15) is 0 Å². The fourth-order valence-electron chi connectivity index (χ4n) is 1.97. The third kappa shape index (κ3) is 2.95. The highest BCUT2D eigenvalue weighted by molar-refractivity contribution is 7.92. The van der Waals surface area contributed by atoms with Gasteiger partial charge in [0.1, 0.15) is 0 Å². The average Bonchev–Trinajstić information content (AvgIpc) is 2.80. The summed E-state index contributed by atoms with van der Waals surface area (Å²) in [6, 6.07) is 9.86. The van der Waals surface area contributed by atoms with Crippen LogP contribution in [0.25, 0.3) is 16.9 Å². The van der Waals surface area contributed by atoms with Gasteiger partial charge in [0.05, 0.1) is 18.1 Å². The van der Waals surface area contributed by atoms with Crippen LogP contribution in [-0.2, 0) is 10.0 Å². The number of fused-ring (bicyclic) bond motifs is 1. The normalized spacial score (nSPS) is 11.7. The van der Waals surface area contributed by atoms with Gasteiger partial charge in [-0.25, -0.2) is 17.9 Å². The number of sulfonamides is 1. The molecule has 7 nitrogen and oxygen atoms in total. The molecule has 2 N–H and O–H groups in total. The number of hydrogen-bond acceptors (Lipinski definition) is 4. The minimum absolute atomic E-state index is 0.209. The van der Waals surface area contributed by atoms with Gasteiger partial charge in [0, 0.05) is 17.3 Å². The molecule has 1 aromatic carbocycles. The number of imidazole rings is 1. The van der Waals surface area contributed by atoms with Crippen LogP contribution in [0.3, 0.4) is 0 Å². The van der Waals surface area contributed by atoms with Crippen LogP contribution in [-0.4, -0.2) is 29.3 Å². The molecule has 0 unspecified atom stereocenters. The maximum Gasteiger partial charge on any atom is 0.262 e. The number of rotatable bonds is 3. The summed E-state index contributed by atoms with van der Waals surface area (Å²) in [6.07, 6.45) is 2.80. The molecule has 21 heavy (non-hydrogen) atoms. The molecule has 108 valence electrons. The van der Waals surface area contributed by atoms with Crippen LogP contribution >= 0.6 is 0 Å². The molecule has 0 radical (unpaired) electrons. The Morgan fingerprint density at radius 3 is 2.52 bits per heavy atom. The minimum Gasteiger partial charge on any atom is -0.284 e. The number of aromatic nitrogens is 3. The number of hydrogen-bond donors (Lipinski definition) is 2. The molecule has 0 aliphatic heterocycles. The zero-order valence-corrected chi connectivity index (χ0v) is 11.9. The summed E-state index contributed by atoms with van der Waals surface area (Å²) < 4.78 is 26.2. The van der Waals surface area contributed by atoms with Crippen LogP contribution in [0.5, 0.6) is 0 Å². The molecular formula is C13H12N4O3S. The average molecular weight is 304 g/mol. The molecule has 0 aliphatic rings. The summed E-state index contributed by atoms with van der Waals surface area (Å²) in [5.74, 6) is 0. The summed E-state index contributed by atoms with van der Waals surface area (Å²) in [4.78, 5) is 15.6. The van der Waals surface area contributed by atoms with Gasteiger partial charge in [-0.05, 0) is 18.2 Å². The van der Waals surface area contributed by atoms with E-state index in [0.717, 1.165) is 11.8 Å². The molecule has 2 heterocycles. The van der Waals surface area contributed by atoms with Crippen molar-refractivity contribution in [1.29, 1.82) is 0 Å². The molecule has 2 aromatic heterocycles. The Hall–Kier alpha value is -2.61. The predicted molar refractivity (Wildman–Crippen MR) is 79.7 cm³/mol. The number of aromatic amines is 1. The summed E-state index contributed by atoms with van der Waals surface area (Å²) >= 11 is 0. The minimum atomic E-state index is -3.29. The number of benzene rings is 1. The summed E-state index contributed by atoms with van der Waals surface area (Å²) in [5.41, 5.74) is 2.40. The number of H-pyrrole nitrogens is 1. The van der Waals surface area contributed by atoms with E-state index in [-0.39, 0.29) is 5.56 Å². The quantitative estimate of drug-likeness (QED) is 0.756. The van der Waals surface area contributed by atoms with Crippen molar-refractivity contribution in [2.24, 2.45) is 0 Å². The van der Waals surface area contributed by atoms with Gasteiger partial charge in [0.25, 0.3) is 5.56 Å². The maximum absolute atomic E-state index is 11.2. The summed E-state index contributed by atoms with van der Waals surface area (Å²) in [7, 11) is -3.29. The maximum atomic E-state index is 11.2. The standard InChI is InChI=1S/C13H12N4O3S/c1-21(19,20)16-10-4-2-9(3-5-10)11-8-17-12(14-11)6-7-13(18)15-17/h2-8,16H,1H3,(H,15,18).